The van der Waals surface area contributed by atoms with E-state index in [0.717, 1.165) is 32.4 Å². The van der Waals surface area contributed by atoms with Crippen LogP contribution in [0.5, 0.6) is 0 Å². The standard InChI is InChI=1S/C15H25N3O2/c1-15(2,3)6-9-17-13(19)12-10-20-14(18-12)11-4-7-16-8-5-11/h10-11,16H,4-9H2,1-3H3,(H,17,19). The summed E-state index contributed by atoms with van der Waals surface area (Å²) in [5.41, 5.74) is 0.615. The molecule has 112 valence electrons. The van der Waals surface area contributed by atoms with E-state index in [9.17, 15) is 4.79 Å². The Hall–Kier alpha value is -1.36. The fraction of sp³-hybridized carbons (Fsp3) is 0.733. The highest BCUT2D eigenvalue weighted by Gasteiger charge is 2.22. The molecule has 2 N–H and O–H groups in total. The quantitative estimate of drug-likeness (QED) is 0.887. The highest BCUT2D eigenvalue weighted by atomic mass is 16.3. The van der Waals surface area contributed by atoms with Gasteiger partial charge in [-0.05, 0) is 37.8 Å². The van der Waals surface area contributed by atoms with E-state index in [0.29, 0.717) is 24.0 Å². The van der Waals surface area contributed by atoms with Crippen molar-refractivity contribution in [3.05, 3.63) is 17.8 Å². The van der Waals surface area contributed by atoms with Crippen LogP contribution in [-0.4, -0.2) is 30.5 Å². The van der Waals surface area contributed by atoms with Gasteiger partial charge in [-0.25, -0.2) is 4.98 Å². The maximum atomic E-state index is 12.0. The number of carbonyl (C=O) groups excluding carboxylic acids is 1. The number of nitrogens with one attached hydrogen (secondary N) is 2. The minimum Gasteiger partial charge on any atom is -0.448 e. The van der Waals surface area contributed by atoms with Gasteiger partial charge in [-0.2, -0.15) is 0 Å². The highest BCUT2D eigenvalue weighted by molar-refractivity contribution is 5.91. The van der Waals surface area contributed by atoms with E-state index in [1.54, 1.807) is 0 Å². The Morgan fingerprint density at radius 3 is 2.80 bits per heavy atom. The first-order valence-electron chi connectivity index (χ1n) is 7.40. The molecule has 0 saturated carbocycles. The van der Waals surface area contributed by atoms with Crippen LogP contribution in [0.4, 0.5) is 0 Å². The number of rotatable bonds is 4. The number of hydrogen-bond acceptors (Lipinski definition) is 4. The number of oxazole rings is 1. The van der Waals surface area contributed by atoms with E-state index in [4.69, 9.17) is 4.42 Å². The third-order valence-electron chi connectivity index (χ3n) is 3.60. The first-order chi connectivity index (χ1) is 9.46. The average Bonchev–Trinajstić information content (AvgIpc) is 2.88. The normalized spacial score (nSPS) is 17.1. The largest absolute Gasteiger partial charge is 0.448 e. The monoisotopic (exact) mass is 279 g/mol. The van der Waals surface area contributed by atoms with E-state index in [1.807, 2.05) is 0 Å². The molecule has 1 aromatic rings. The number of amides is 1. The molecule has 1 fully saturated rings. The zero-order chi connectivity index (χ0) is 14.6. The lowest BCUT2D eigenvalue weighted by Crippen LogP contribution is -2.28. The Kier molecular flexibility index (Phi) is 4.81. The number of nitrogens with zero attached hydrogens (tertiary/aromatic N) is 1. The molecule has 20 heavy (non-hydrogen) atoms. The maximum Gasteiger partial charge on any atom is 0.273 e. The number of carbonyl (C=O) groups is 1. The molecule has 0 aliphatic carbocycles. The second-order valence-electron chi connectivity index (χ2n) is 6.66. The van der Waals surface area contributed by atoms with Gasteiger partial charge in [-0.1, -0.05) is 20.8 Å². The maximum absolute atomic E-state index is 12.0. The molecule has 5 nitrogen and oxygen atoms in total. The lowest BCUT2D eigenvalue weighted by Gasteiger charge is -2.19. The molecular formula is C15H25N3O2. The summed E-state index contributed by atoms with van der Waals surface area (Å²) in [6, 6.07) is 0. The molecule has 1 aliphatic heterocycles. The van der Waals surface area contributed by atoms with E-state index in [1.165, 1.54) is 6.26 Å². The number of hydrogen-bond donors (Lipinski definition) is 2. The molecule has 0 aromatic carbocycles. The van der Waals surface area contributed by atoms with Gasteiger partial charge in [-0.15, -0.1) is 0 Å². The van der Waals surface area contributed by atoms with Crippen molar-refractivity contribution in [3.63, 3.8) is 0 Å². The minimum atomic E-state index is -0.141. The van der Waals surface area contributed by atoms with Crippen LogP contribution in [0.2, 0.25) is 0 Å². The summed E-state index contributed by atoms with van der Waals surface area (Å²) in [5, 5.41) is 6.21. The second kappa shape index (κ2) is 6.39. The van der Waals surface area contributed by atoms with Gasteiger partial charge in [0.1, 0.15) is 6.26 Å². The van der Waals surface area contributed by atoms with E-state index >= 15 is 0 Å². The van der Waals surface area contributed by atoms with Crippen molar-refractivity contribution < 1.29 is 9.21 Å². The summed E-state index contributed by atoms with van der Waals surface area (Å²) in [6.45, 7) is 9.11. The summed E-state index contributed by atoms with van der Waals surface area (Å²) < 4.78 is 5.47. The van der Waals surface area contributed by atoms with Gasteiger partial charge in [0.2, 0.25) is 0 Å². The van der Waals surface area contributed by atoms with Crippen LogP contribution in [0.1, 0.15) is 62.3 Å². The molecule has 0 spiro atoms. The van der Waals surface area contributed by atoms with Crippen molar-refractivity contribution in [1.29, 1.82) is 0 Å². The van der Waals surface area contributed by atoms with Gasteiger partial charge in [0.15, 0.2) is 11.6 Å². The summed E-state index contributed by atoms with van der Waals surface area (Å²) in [7, 11) is 0. The Labute approximate surface area is 120 Å². The van der Waals surface area contributed by atoms with E-state index in [2.05, 4.69) is 36.4 Å². The van der Waals surface area contributed by atoms with Crippen molar-refractivity contribution in [2.45, 2.75) is 46.0 Å². The van der Waals surface area contributed by atoms with Gasteiger partial charge in [0, 0.05) is 12.5 Å². The van der Waals surface area contributed by atoms with Crippen molar-refractivity contribution >= 4 is 5.91 Å². The third-order valence-corrected chi connectivity index (χ3v) is 3.60. The lowest BCUT2D eigenvalue weighted by atomic mass is 9.92. The van der Waals surface area contributed by atoms with Crippen molar-refractivity contribution in [2.24, 2.45) is 5.41 Å². The molecule has 1 amide bonds. The predicted molar refractivity (Wildman–Crippen MR) is 77.8 cm³/mol. The van der Waals surface area contributed by atoms with Crippen LogP contribution in [0.15, 0.2) is 10.7 Å². The molecule has 0 bridgehead atoms. The molecule has 0 unspecified atom stereocenters. The predicted octanol–water partition coefficient (Wildman–Crippen LogP) is 2.31. The van der Waals surface area contributed by atoms with Gasteiger partial charge in [0.25, 0.3) is 5.91 Å². The molecular weight excluding hydrogens is 254 g/mol. The molecule has 1 aliphatic rings. The molecule has 0 radical (unpaired) electrons. The fourth-order valence-electron chi connectivity index (χ4n) is 2.29. The Bertz CT molecular complexity index is 442. The number of piperidine rings is 1. The van der Waals surface area contributed by atoms with Gasteiger partial charge in [-0.3, -0.25) is 4.79 Å². The van der Waals surface area contributed by atoms with Crippen LogP contribution in [0.25, 0.3) is 0 Å². The van der Waals surface area contributed by atoms with Crippen molar-refractivity contribution in [2.75, 3.05) is 19.6 Å². The third kappa shape index (κ3) is 4.34. The summed E-state index contributed by atoms with van der Waals surface area (Å²) in [6.07, 6.45) is 4.46. The minimum absolute atomic E-state index is 0.141. The average molecular weight is 279 g/mol. The second-order valence-corrected chi connectivity index (χ2v) is 6.66. The topological polar surface area (TPSA) is 67.2 Å². The van der Waals surface area contributed by atoms with Gasteiger partial charge in [0.05, 0.1) is 0 Å². The molecule has 1 saturated heterocycles. The van der Waals surface area contributed by atoms with Crippen LogP contribution in [-0.2, 0) is 0 Å². The van der Waals surface area contributed by atoms with Crippen LogP contribution < -0.4 is 10.6 Å². The SMILES string of the molecule is CC(C)(C)CCNC(=O)c1coc(C2CCNCC2)n1. The first-order valence-corrected chi connectivity index (χ1v) is 7.40. The van der Waals surface area contributed by atoms with Crippen LogP contribution in [0, 0.1) is 5.41 Å². The molecule has 0 atom stereocenters. The lowest BCUT2D eigenvalue weighted by molar-refractivity contribution is 0.0944. The van der Waals surface area contributed by atoms with Gasteiger partial charge < -0.3 is 15.1 Å². The van der Waals surface area contributed by atoms with Crippen LogP contribution in [0.3, 0.4) is 0 Å². The summed E-state index contributed by atoms with van der Waals surface area (Å²) in [5.74, 6) is 0.901. The smallest absolute Gasteiger partial charge is 0.273 e. The van der Waals surface area contributed by atoms with Crippen molar-refractivity contribution in [1.82, 2.24) is 15.6 Å². The molecule has 2 heterocycles. The van der Waals surface area contributed by atoms with Crippen LogP contribution >= 0.6 is 0 Å². The zero-order valence-corrected chi connectivity index (χ0v) is 12.7. The molecule has 5 heteroatoms. The molecule has 1 aromatic heterocycles. The summed E-state index contributed by atoms with van der Waals surface area (Å²) >= 11 is 0. The van der Waals surface area contributed by atoms with Crippen molar-refractivity contribution in [3.8, 4) is 0 Å². The highest BCUT2D eigenvalue weighted by Crippen LogP contribution is 2.24. The van der Waals surface area contributed by atoms with E-state index in [-0.39, 0.29) is 11.3 Å². The summed E-state index contributed by atoms with van der Waals surface area (Å²) in [4.78, 5) is 16.3. The Morgan fingerprint density at radius 1 is 1.45 bits per heavy atom. The first kappa shape index (κ1) is 15.0. The molecule has 2 rings (SSSR count). The van der Waals surface area contributed by atoms with Gasteiger partial charge >= 0.3 is 0 Å². The van der Waals surface area contributed by atoms with E-state index < -0.39 is 0 Å². The number of aromatic nitrogens is 1. The Balaban J connectivity index is 1.86. The Morgan fingerprint density at radius 2 is 2.15 bits per heavy atom. The zero-order valence-electron chi connectivity index (χ0n) is 12.7. The fourth-order valence-corrected chi connectivity index (χ4v) is 2.29.